The lowest BCUT2D eigenvalue weighted by Crippen LogP contribution is -2.68. The van der Waals surface area contributed by atoms with Crippen LogP contribution in [-0.4, -0.2) is 50.1 Å². The van der Waals surface area contributed by atoms with E-state index in [9.17, 15) is 25.2 Å². The molecule has 182 valence electrons. The van der Waals surface area contributed by atoms with E-state index >= 15 is 0 Å². The fourth-order valence-electron chi connectivity index (χ4n) is 8.34. The van der Waals surface area contributed by atoms with E-state index in [1.165, 1.54) is 12.8 Å². The Balaban J connectivity index is 1.70. The molecule has 4 N–H and O–H groups in total. The fraction of sp³-hybridized carbons (Fsp3) is 0.889. The lowest BCUT2D eigenvalue weighted by Gasteiger charge is -2.60. The lowest BCUT2D eigenvalue weighted by molar-refractivity contribution is -0.215. The van der Waals surface area contributed by atoms with Gasteiger partial charge in [0.25, 0.3) is 0 Å². The fourth-order valence-corrected chi connectivity index (χ4v) is 8.34. The van der Waals surface area contributed by atoms with Gasteiger partial charge in [0.15, 0.2) is 5.78 Å². The monoisotopic (exact) mass is 448 g/mol. The zero-order chi connectivity index (χ0) is 23.6. The molecule has 5 heteroatoms. The van der Waals surface area contributed by atoms with E-state index in [1.807, 2.05) is 6.92 Å². The van der Waals surface area contributed by atoms with E-state index in [1.54, 1.807) is 0 Å². The van der Waals surface area contributed by atoms with Gasteiger partial charge in [-0.25, -0.2) is 0 Å². The molecule has 0 spiro atoms. The summed E-state index contributed by atoms with van der Waals surface area (Å²) in [6.45, 7) is 10.9. The summed E-state index contributed by atoms with van der Waals surface area (Å²) in [7, 11) is 0. The number of aliphatic hydroxyl groups excluding tert-OH is 3. The van der Waals surface area contributed by atoms with Gasteiger partial charge in [-0.3, -0.25) is 4.79 Å². The number of hydrogen-bond donors (Lipinski definition) is 4. The molecule has 0 aromatic heterocycles. The van der Waals surface area contributed by atoms with Gasteiger partial charge in [-0.2, -0.15) is 0 Å². The summed E-state index contributed by atoms with van der Waals surface area (Å²) in [5.74, 6) is 1.73. The van der Waals surface area contributed by atoms with Gasteiger partial charge in [0.05, 0.1) is 6.10 Å². The van der Waals surface area contributed by atoms with Crippen LogP contribution >= 0.6 is 0 Å². The Morgan fingerprint density at radius 2 is 1.72 bits per heavy atom. The quantitative estimate of drug-likeness (QED) is 0.513. The Kier molecular flexibility index (Phi) is 6.23. The lowest BCUT2D eigenvalue weighted by atomic mass is 9.47. The van der Waals surface area contributed by atoms with Crippen LogP contribution in [0.1, 0.15) is 92.4 Å². The van der Waals surface area contributed by atoms with Crippen molar-refractivity contribution in [2.75, 3.05) is 0 Å². The molecule has 0 aromatic rings. The first kappa shape index (κ1) is 24.4. The van der Waals surface area contributed by atoms with E-state index in [-0.39, 0.29) is 23.5 Å². The van der Waals surface area contributed by atoms with Crippen LogP contribution < -0.4 is 0 Å². The first-order valence-electron chi connectivity index (χ1n) is 12.9. The van der Waals surface area contributed by atoms with Crippen molar-refractivity contribution in [2.45, 2.75) is 116 Å². The van der Waals surface area contributed by atoms with E-state index in [0.29, 0.717) is 48.2 Å². The maximum atomic E-state index is 13.8. The zero-order valence-corrected chi connectivity index (χ0v) is 20.6. The number of fused-ring (bicyclic) bond motifs is 4. The highest BCUT2D eigenvalue weighted by molar-refractivity contribution is 6.00. The predicted octanol–water partition coefficient (Wildman–Crippen LogP) is 3.77. The molecule has 4 aliphatic rings. The predicted molar refractivity (Wildman–Crippen MR) is 124 cm³/mol. The van der Waals surface area contributed by atoms with Crippen LogP contribution in [0.2, 0.25) is 0 Å². The second-order valence-electron chi connectivity index (χ2n) is 12.5. The number of hydrogen-bond acceptors (Lipinski definition) is 5. The average molecular weight is 449 g/mol. The summed E-state index contributed by atoms with van der Waals surface area (Å²) in [5, 5.41) is 44.2. The number of rotatable bonds is 5. The SMILES string of the molecule is CC(C)CCC[C@@H](C)[C@@H]1CC[C@@H]2C3=C(C(=O)C[C@@]21C)[C@@]1(C)CC[C@H](O)C[C@]1(O)[C@H](O)[C@H]3O. The number of ketones is 1. The molecular formula is C27H44O5. The van der Waals surface area contributed by atoms with Gasteiger partial charge in [0, 0.05) is 23.8 Å². The van der Waals surface area contributed by atoms with E-state index in [4.69, 9.17) is 0 Å². The molecule has 0 unspecified atom stereocenters. The first-order chi connectivity index (χ1) is 14.9. The highest BCUT2D eigenvalue weighted by atomic mass is 16.4. The van der Waals surface area contributed by atoms with Crippen molar-refractivity contribution in [1.29, 1.82) is 0 Å². The van der Waals surface area contributed by atoms with Gasteiger partial charge in [-0.1, -0.05) is 53.9 Å². The van der Waals surface area contributed by atoms with E-state index < -0.39 is 29.3 Å². The number of aliphatic hydroxyl groups is 4. The Morgan fingerprint density at radius 1 is 1.03 bits per heavy atom. The molecule has 2 fully saturated rings. The average Bonchev–Trinajstić information content (AvgIpc) is 3.04. The van der Waals surface area contributed by atoms with E-state index in [2.05, 4.69) is 27.7 Å². The van der Waals surface area contributed by atoms with Gasteiger partial charge in [-0.15, -0.1) is 0 Å². The van der Waals surface area contributed by atoms with Crippen LogP contribution in [0.3, 0.4) is 0 Å². The Bertz CT molecular complexity index is 789. The van der Waals surface area contributed by atoms with Crippen molar-refractivity contribution in [3.8, 4) is 0 Å². The molecule has 9 atom stereocenters. The van der Waals surface area contributed by atoms with Crippen LogP contribution in [0, 0.1) is 34.5 Å². The van der Waals surface area contributed by atoms with Crippen LogP contribution in [0.4, 0.5) is 0 Å². The first-order valence-corrected chi connectivity index (χ1v) is 12.9. The van der Waals surface area contributed by atoms with E-state index in [0.717, 1.165) is 19.3 Å². The molecule has 0 amide bonds. The topological polar surface area (TPSA) is 98.0 Å². The largest absolute Gasteiger partial charge is 0.393 e. The molecule has 0 saturated heterocycles. The number of carbonyl (C=O) groups is 1. The smallest absolute Gasteiger partial charge is 0.160 e. The number of carbonyl (C=O) groups excluding carboxylic acids is 1. The summed E-state index contributed by atoms with van der Waals surface area (Å²) in [6, 6.07) is 0. The highest BCUT2D eigenvalue weighted by Crippen LogP contribution is 2.66. The zero-order valence-electron chi connectivity index (χ0n) is 20.6. The number of Topliss-reactive ketones (excluding diaryl/α,β-unsaturated/α-hetero) is 1. The van der Waals surface area contributed by atoms with Crippen molar-refractivity contribution < 1.29 is 25.2 Å². The van der Waals surface area contributed by atoms with Crippen LogP contribution in [-0.2, 0) is 4.79 Å². The van der Waals surface area contributed by atoms with Gasteiger partial charge >= 0.3 is 0 Å². The molecule has 4 aliphatic carbocycles. The highest BCUT2D eigenvalue weighted by Gasteiger charge is 2.67. The Hall–Kier alpha value is -0.750. The van der Waals surface area contributed by atoms with Crippen molar-refractivity contribution in [3.63, 3.8) is 0 Å². The van der Waals surface area contributed by atoms with Crippen LogP contribution in [0.15, 0.2) is 11.1 Å². The van der Waals surface area contributed by atoms with Gasteiger partial charge in [0.1, 0.15) is 17.8 Å². The summed E-state index contributed by atoms with van der Waals surface area (Å²) in [6.07, 6.45) is 3.53. The van der Waals surface area contributed by atoms with Crippen molar-refractivity contribution in [3.05, 3.63) is 11.1 Å². The summed E-state index contributed by atoms with van der Waals surface area (Å²) in [4.78, 5) is 13.8. The Labute approximate surface area is 193 Å². The minimum absolute atomic E-state index is 0.0107. The van der Waals surface area contributed by atoms with Gasteiger partial charge < -0.3 is 20.4 Å². The van der Waals surface area contributed by atoms with Crippen LogP contribution in [0.25, 0.3) is 0 Å². The summed E-state index contributed by atoms with van der Waals surface area (Å²) >= 11 is 0. The molecule has 2 saturated carbocycles. The minimum atomic E-state index is -1.69. The second kappa shape index (κ2) is 8.18. The molecule has 0 heterocycles. The third kappa shape index (κ3) is 3.37. The Morgan fingerprint density at radius 3 is 2.38 bits per heavy atom. The maximum Gasteiger partial charge on any atom is 0.160 e. The molecular weight excluding hydrogens is 404 g/mol. The van der Waals surface area contributed by atoms with Crippen molar-refractivity contribution in [2.24, 2.45) is 34.5 Å². The third-order valence-corrected chi connectivity index (χ3v) is 10.2. The molecule has 32 heavy (non-hydrogen) atoms. The summed E-state index contributed by atoms with van der Waals surface area (Å²) in [5.41, 5.74) is -1.56. The molecule has 5 nitrogen and oxygen atoms in total. The molecule has 0 radical (unpaired) electrons. The normalized spacial score (nSPS) is 47.3. The maximum absolute atomic E-state index is 13.8. The summed E-state index contributed by atoms with van der Waals surface area (Å²) < 4.78 is 0. The van der Waals surface area contributed by atoms with Gasteiger partial charge in [-0.05, 0) is 60.3 Å². The minimum Gasteiger partial charge on any atom is -0.393 e. The van der Waals surface area contributed by atoms with Gasteiger partial charge in [0.2, 0.25) is 0 Å². The van der Waals surface area contributed by atoms with Crippen LogP contribution in [0.5, 0.6) is 0 Å². The molecule has 4 rings (SSSR count). The standard InChI is InChI=1S/C27H44O5/c1-15(2)7-6-8-16(3)18-9-10-19-21-22(20(29)14-25(18,19)4)26(5)12-11-17(28)13-27(26,32)24(31)23(21)30/h15-19,23-24,28,30-32H,6-14H2,1-5H3/t16-,17+,18+,19-,23+,24-,25-,26-,27+/m1/s1. The molecule has 0 bridgehead atoms. The van der Waals surface area contributed by atoms with Crippen molar-refractivity contribution >= 4 is 5.78 Å². The molecule has 0 aromatic carbocycles. The third-order valence-electron chi connectivity index (χ3n) is 10.2. The second-order valence-corrected chi connectivity index (χ2v) is 12.5. The molecule has 0 aliphatic heterocycles. The van der Waals surface area contributed by atoms with Crippen molar-refractivity contribution in [1.82, 2.24) is 0 Å².